The summed E-state index contributed by atoms with van der Waals surface area (Å²) in [6.07, 6.45) is 1.81. The quantitative estimate of drug-likeness (QED) is 0.817. The van der Waals surface area contributed by atoms with E-state index >= 15 is 0 Å². The van der Waals surface area contributed by atoms with Gasteiger partial charge >= 0.3 is 0 Å². The summed E-state index contributed by atoms with van der Waals surface area (Å²) >= 11 is 6.13. The number of hydrogen-bond donors (Lipinski definition) is 1. The van der Waals surface area contributed by atoms with Crippen LogP contribution >= 0.6 is 11.6 Å². The van der Waals surface area contributed by atoms with Crippen LogP contribution in [0.2, 0.25) is 5.02 Å². The van der Waals surface area contributed by atoms with Gasteiger partial charge in [-0.25, -0.2) is 0 Å². The number of nitrogens with zero attached hydrogens (tertiary/aromatic N) is 1. The van der Waals surface area contributed by atoms with Crippen LogP contribution in [0.5, 0.6) is 0 Å². The Kier molecular flexibility index (Phi) is 2.66. The highest BCUT2D eigenvalue weighted by Gasteiger charge is 2.04. The maximum Gasteiger partial charge on any atom is 0.0634 e. The average Bonchev–Trinajstić information content (AvgIpc) is 2.19. The minimum absolute atomic E-state index is 0.737. The van der Waals surface area contributed by atoms with Crippen LogP contribution in [-0.2, 0) is 6.54 Å². The molecule has 0 saturated carbocycles. The van der Waals surface area contributed by atoms with E-state index in [-0.39, 0.29) is 0 Å². The monoisotopic (exact) mass is 206 g/mol. The van der Waals surface area contributed by atoms with E-state index in [9.17, 15) is 0 Å². The largest absolute Gasteiger partial charge is 0.314 e. The Morgan fingerprint density at radius 1 is 1.36 bits per heavy atom. The van der Waals surface area contributed by atoms with E-state index in [0.29, 0.717) is 0 Å². The Labute approximate surface area is 87.9 Å². The van der Waals surface area contributed by atoms with Crippen LogP contribution in [-0.4, -0.2) is 12.0 Å². The molecule has 0 atom stereocenters. The first kappa shape index (κ1) is 9.44. The standard InChI is InChI=1S/C11H11ClN2/c1-13-7-10-11-8(5-6-14-10)3-2-4-9(11)12/h2-6,13H,7H2,1H3. The summed E-state index contributed by atoms with van der Waals surface area (Å²) < 4.78 is 0. The number of rotatable bonds is 2. The average molecular weight is 207 g/mol. The van der Waals surface area contributed by atoms with Crippen LogP contribution < -0.4 is 5.32 Å². The highest BCUT2D eigenvalue weighted by atomic mass is 35.5. The van der Waals surface area contributed by atoms with Gasteiger partial charge in [0.15, 0.2) is 0 Å². The molecule has 0 aliphatic heterocycles. The summed E-state index contributed by atoms with van der Waals surface area (Å²) in [4.78, 5) is 4.31. The van der Waals surface area contributed by atoms with Gasteiger partial charge in [0, 0.05) is 18.1 Å². The molecule has 0 amide bonds. The maximum atomic E-state index is 6.13. The predicted molar refractivity (Wildman–Crippen MR) is 59.5 cm³/mol. The molecule has 0 saturated heterocycles. The number of pyridine rings is 1. The van der Waals surface area contributed by atoms with Crippen molar-refractivity contribution >= 4 is 22.4 Å². The van der Waals surface area contributed by atoms with Crippen LogP contribution in [0.4, 0.5) is 0 Å². The first-order valence-electron chi connectivity index (χ1n) is 4.49. The number of hydrogen-bond acceptors (Lipinski definition) is 2. The van der Waals surface area contributed by atoms with Crippen LogP contribution in [0.25, 0.3) is 10.8 Å². The number of nitrogens with one attached hydrogen (secondary N) is 1. The molecule has 3 heteroatoms. The van der Waals surface area contributed by atoms with E-state index < -0.39 is 0 Å². The highest BCUT2D eigenvalue weighted by molar-refractivity contribution is 6.35. The van der Waals surface area contributed by atoms with Gasteiger partial charge in [0.2, 0.25) is 0 Å². The molecule has 14 heavy (non-hydrogen) atoms. The van der Waals surface area contributed by atoms with E-state index in [1.807, 2.05) is 37.5 Å². The first-order valence-corrected chi connectivity index (χ1v) is 4.87. The lowest BCUT2D eigenvalue weighted by molar-refractivity contribution is 0.799. The minimum Gasteiger partial charge on any atom is -0.314 e. The van der Waals surface area contributed by atoms with Crippen molar-refractivity contribution in [2.24, 2.45) is 0 Å². The molecule has 0 aliphatic carbocycles. The van der Waals surface area contributed by atoms with Gasteiger partial charge in [-0.05, 0) is 24.6 Å². The number of halogens is 1. The molecule has 1 heterocycles. The summed E-state index contributed by atoms with van der Waals surface area (Å²) in [6.45, 7) is 0.737. The number of fused-ring (bicyclic) bond motifs is 1. The fourth-order valence-corrected chi connectivity index (χ4v) is 1.85. The Hall–Kier alpha value is -1.12. The van der Waals surface area contributed by atoms with Crippen molar-refractivity contribution in [3.8, 4) is 0 Å². The van der Waals surface area contributed by atoms with Gasteiger partial charge in [0.25, 0.3) is 0 Å². The van der Waals surface area contributed by atoms with Gasteiger partial charge in [-0.3, -0.25) is 4.98 Å². The fourth-order valence-electron chi connectivity index (χ4n) is 1.56. The molecule has 0 unspecified atom stereocenters. The predicted octanol–water partition coefficient (Wildman–Crippen LogP) is 2.61. The topological polar surface area (TPSA) is 24.9 Å². The van der Waals surface area contributed by atoms with E-state index in [2.05, 4.69) is 10.3 Å². The molecule has 1 aromatic heterocycles. The zero-order chi connectivity index (χ0) is 9.97. The summed E-state index contributed by atoms with van der Waals surface area (Å²) in [5.74, 6) is 0. The number of aromatic nitrogens is 1. The second-order valence-electron chi connectivity index (χ2n) is 3.13. The van der Waals surface area contributed by atoms with Gasteiger partial charge in [-0.15, -0.1) is 0 Å². The second kappa shape index (κ2) is 3.95. The van der Waals surface area contributed by atoms with Crippen molar-refractivity contribution in [1.82, 2.24) is 10.3 Å². The molecule has 2 rings (SSSR count). The molecule has 2 aromatic rings. The fraction of sp³-hybridized carbons (Fsp3) is 0.182. The highest BCUT2D eigenvalue weighted by Crippen LogP contribution is 2.25. The van der Waals surface area contributed by atoms with Crippen molar-refractivity contribution in [1.29, 1.82) is 0 Å². The van der Waals surface area contributed by atoms with Gasteiger partial charge < -0.3 is 5.32 Å². The summed E-state index contributed by atoms with van der Waals surface area (Å²) in [7, 11) is 1.90. The molecule has 0 fully saturated rings. The third kappa shape index (κ3) is 1.59. The summed E-state index contributed by atoms with van der Waals surface area (Å²) in [6, 6.07) is 7.86. The van der Waals surface area contributed by atoms with Crippen molar-refractivity contribution in [3.05, 3.63) is 41.2 Å². The molecule has 0 aliphatic rings. The molecule has 2 nitrogen and oxygen atoms in total. The van der Waals surface area contributed by atoms with E-state index in [1.54, 1.807) is 0 Å². The first-order chi connectivity index (χ1) is 6.83. The van der Waals surface area contributed by atoms with Gasteiger partial charge in [-0.1, -0.05) is 23.7 Å². The van der Waals surface area contributed by atoms with Crippen molar-refractivity contribution in [3.63, 3.8) is 0 Å². The van der Waals surface area contributed by atoms with E-state index in [1.165, 1.54) is 0 Å². The smallest absolute Gasteiger partial charge is 0.0634 e. The third-order valence-electron chi connectivity index (χ3n) is 2.16. The Bertz CT molecular complexity index is 449. The van der Waals surface area contributed by atoms with Crippen LogP contribution in [0.3, 0.4) is 0 Å². The lowest BCUT2D eigenvalue weighted by Crippen LogP contribution is -2.07. The molecular formula is C11H11ClN2. The van der Waals surface area contributed by atoms with Crippen LogP contribution in [0.15, 0.2) is 30.5 Å². The zero-order valence-electron chi connectivity index (χ0n) is 7.92. The Balaban J connectivity index is 2.71. The Morgan fingerprint density at radius 2 is 2.21 bits per heavy atom. The SMILES string of the molecule is CNCc1nccc2cccc(Cl)c12. The van der Waals surface area contributed by atoms with Crippen molar-refractivity contribution < 1.29 is 0 Å². The molecule has 0 bridgehead atoms. The van der Waals surface area contributed by atoms with Crippen LogP contribution in [0, 0.1) is 0 Å². The van der Waals surface area contributed by atoms with E-state index in [4.69, 9.17) is 11.6 Å². The molecule has 0 radical (unpaired) electrons. The van der Waals surface area contributed by atoms with Gasteiger partial charge in [0.05, 0.1) is 10.7 Å². The third-order valence-corrected chi connectivity index (χ3v) is 2.48. The lowest BCUT2D eigenvalue weighted by atomic mass is 10.1. The van der Waals surface area contributed by atoms with Crippen molar-refractivity contribution in [2.45, 2.75) is 6.54 Å². The zero-order valence-corrected chi connectivity index (χ0v) is 8.67. The molecule has 72 valence electrons. The summed E-state index contributed by atoms with van der Waals surface area (Å²) in [5, 5.41) is 6.03. The lowest BCUT2D eigenvalue weighted by Gasteiger charge is -2.06. The second-order valence-corrected chi connectivity index (χ2v) is 3.53. The van der Waals surface area contributed by atoms with Crippen molar-refractivity contribution in [2.75, 3.05) is 7.05 Å². The van der Waals surface area contributed by atoms with Crippen LogP contribution in [0.1, 0.15) is 5.69 Å². The Morgan fingerprint density at radius 3 is 3.00 bits per heavy atom. The minimum atomic E-state index is 0.737. The van der Waals surface area contributed by atoms with Gasteiger partial charge in [-0.2, -0.15) is 0 Å². The number of benzene rings is 1. The molecular weight excluding hydrogens is 196 g/mol. The normalized spacial score (nSPS) is 10.7. The van der Waals surface area contributed by atoms with Gasteiger partial charge in [0.1, 0.15) is 0 Å². The maximum absolute atomic E-state index is 6.13. The molecule has 0 spiro atoms. The molecule has 1 aromatic carbocycles. The summed E-state index contributed by atoms with van der Waals surface area (Å²) in [5.41, 5.74) is 0.996. The molecule has 1 N–H and O–H groups in total. The van der Waals surface area contributed by atoms with E-state index in [0.717, 1.165) is 28.0 Å².